The number of nitrogens with zero attached hydrogens (tertiary/aromatic N) is 2. The number of carboxylic acid groups (broad SMARTS) is 1. The van der Waals surface area contributed by atoms with Crippen molar-refractivity contribution in [2.75, 3.05) is 11.9 Å². The number of carbonyl (C=O) groups is 3. The van der Waals surface area contributed by atoms with Crippen LogP contribution in [0.15, 0.2) is 66.7 Å². The number of benzene rings is 2. The lowest BCUT2D eigenvalue weighted by molar-refractivity contribution is 0.0521. The predicted octanol–water partition coefficient (Wildman–Crippen LogP) is 5.37. The van der Waals surface area contributed by atoms with Gasteiger partial charge in [0.2, 0.25) is 0 Å². The Morgan fingerprint density at radius 1 is 1.00 bits per heavy atom. The van der Waals surface area contributed by atoms with E-state index in [2.05, 4.69) is 5.32 Å². The third kappa shape index (κ3) is 5.80. The first kappa shape index (κ1) is 25.9. The highest BCUT2D eigenvalue weighted by Gasteiger charge is 2.39. The Kier molecular flexibility index (Phi) is 7.29. The van der Waals surface area contributed by atoms with Crippen LogP contribution in [0.25, 0.3) is 11.3 Å². The zero-order valence-corrected chi connectivity index (χ0v) is 21.3. The Bertz CT molecular complexity index is 1300. The fourth-order valence-electron chi connectivity index (χ4n) is 4.91. The first-order valence-corrected chi connectivity index (χ1v) is 12.3. The van der Waals surface area contributed by atoms with E-state index in [0.717, 1.165) is 5.69 Å². The van der Waals surface area contributed by atoms with Crippen molar-refractivity contribution >= 4 is 23.6 Å². The number of likely N-dealkylation sites (tertiary alicyclic amines) is 1. The average Bonchev–Trinajstić information content (AvgIpc) is 2.88. The van der Waals surface area contributed by atoms with Crippen LogP contribution in [-0.4, -0.2) is 45.5 Å². The van der Waals surface area contributed by atoms with Crippen LogP contribution in [0.5, 0.6) is 0 Å². The van der Waals surface area contributed by atoms with E-state index >= 15 is 0 Å². The Balaban J connectivity index is 1.61. The van der Waals surface area contributed by atoms with Crippen LogP contribution < -0.4 is 11.1 Å². The zero-order chi connectivity index (χ0) is 26.7. The molecule has 1 aromatic heterocycles. The third-order valence-electron chi connectivity index (χ3n) is 6.90. The lowest BCUT2D eigenvalue weighted by atomic mass is 9.76. The van der Waals surface area contributed by atoms with Crippen molar-refractivity contribution in [1.29, 1.82) is 0 Å². The van der Waals surface area contributed by atoms with E-state index in [1.54, 1.807) is 30.3 Å². The van der Waals surface area contributed by atoms with Gasteiger partial charge in [0, 0.05) is 41.0 Å². The highest BCUT2D eigenvalue weighted by atomic mass is 16.4. The summed E-state index contributed by atoms with van der Waals surface area (Å²) in [4.78, 5) is 43.0. The Labute approximate surface area is 216 Å². The van der Waals surface area contributed by atoms with Gasteiger partial charge in [-0.15, -0.1) is 0 Å². The SMILES string of the molecule is CC(C)(C)C1CC(c2ccc(C(N)=O)c(-c3ccc(C(=O)Nc4ccccc4)cc3)n2)CCN1C(=O)O. The summed E-state index contributed by atoms with van der Waals surface area (Å²) >= 11 is 0. The number of hydrogen-bond acceptors (Lipinski definition) is 4. The topological polar surface area (TPSA) is 126 Å². The summed E-state index contributed by atoms with van der Waals surface area (Å²) in [6.45, 7) is 6.54. The van der Waals surface area contributed by atoms with Crippen LogP contribution in [0.2, 0.25) is 0 Å². The summed E-state index contributed by atoms with van der Waals surface area (Å²) in [6, 6.07) is 19.4. The van der Waals surface area contributed by atoms with Crippen molar-refractivity contribution in [2.24, 2.45) is 11.1 Å². The monoisotopic (exact) mass is 500 g/mol. The zero-order valence-electron chi connectivity index (χ0n) is 21.3. The first-order chi connectivity index (χ1) is 17.5. The Hall–Kier alpha value is -4.20. The average molecular weight is 501 g/mol. The number of amides is 3. The molecule has 1 aliphatic rings. The van der Waals surface area contributed by atoms with Gasteiger partial charge in [0.25, 0.3) is 11.8 Å². The first-order valence-electron chi connectivity index (χ1n) is 12.3. The lowest BCUT2D eigenvalue weighted by Gasteiger charge is -2.44. The molecule has 0 radical (unpaired) electrons. The highest BCUT2D eigenvalue weighted by molar-refractivity contribution is 6.04. The number of nitrogens with one attached hydrogen (secondary N) is 1. The predicted molar refractivity (Wildman–Crippen MR) is 143 cm³/mol. The minimum atomic E-state index is -0.910. The fraction of sp³-hybridized carbons (Fsp3) is 0.310. The van der Waals surface area contributed by atoms with E-state index in [1.165, 1.54) is 4.90 Å². The van der Waals surface area contributed by atoms with E-state index in [-0.39, 0.29) is 23.3 Å². The van der Waals surface area contributed by atoms with Gasteiger partial charge in [-0.2, -0.15) is 0 Å². The van der Waals surface area contributed by atoms with Crippen molar-refractivity contribution in [1.82, 2.24) is 9.88 Å². The van der Waals surface area contributed by atoms with E-state index in [0.29, 0.717) is 47.5 Å². The molecule has 8 heteroatoms. The molecule has 3 aromatic rings. The molecule has 192 valence electrons. The quantitative estimate of drug-likeness (QED) is 0.434. The number of anilines is 1. The van der Waals surface area contributed by atoms with Crippen LogP contribution in [0.3, 0.4) is 0 Å². The van der Waals surface area contributed by atoms with Gasteiger partial charge >= 0.3 is 6.09 Å². The summed E-state index contributed by atoms with van der Waals surface area (Å²) in [6.07, 6.45) is 0.365. The molecule has 3 amide bonds. The summed E-state index contributed by atoms with van der Waals surface area (Å²) < 4.78 is 0. The maximum absolute atomic E-state index is 12.6. The normalized spacial score (nSPS) is 17.8. The maximum atomic E-state index is 12.6. The second kappa shape index (κ2) is 10.4. The number of piperidine rings is 1. The van der Waals surface area contributed by atoms with Gasteiger partial charge in [-0.05, 0) is 54.7 Å². The number of primary amides is 1. The molecular weight excluding hydrogens is 468 g/mol. The fourth-order valence-corrected chi connectivity index (χ4v) is 4.91. The Morgan fingerprint density at radius 2 is 1.68 bits per heavy atom. The Morgan fingerprint density at radius 3 is 2.27 bits per heavy atom. The molecule has 37 heavy (non-hydrogen) atoms. The van der Waals surface area contributed by atoms with Crippen molar-refractivity contribution < 1.29 is 19.5 Å². The van der Waals surface area contributed by atoms with Gasteiger partial charge < -0.3 is 21.1 Å². The number of carbonyl (C=O) groups excluding carboxylic acids is 2. The number of hydrogen-bond donors (Lipinski definition) is 3. The van der Waals surface area contributed by atoms with Crippen molar-refractivity contribution in [3.05, 3.63) is 83.6 Å². The molecule has 4 N–H and O–H groups in total. The molecule has 2 aromatic carbocycles. The van der Waals surface area contributed by atoms with E-state index in [9.17, 15) is 19.5 Å². The maximum Gasteiger partial charge on any atom is 0.407 e. The molecule has 4 rings (SSSR count). The smallest absolute Gasteiger partial charge is 0.407 e. The van der Waals surface area contributed by atoms with Gasteiger partial charge in [0.15, 0.2) is 0 Å². The number of rotatable bonds is 5. The molecule has 8 nitrogen and oxygen atoms in total. The van der Waals surface area contributed by atoms with Crippen LogP contribution >= 0.6 is 0 Å². The van der Waals surface area contributed by atoms with Crippen molar-refractivity contribution in [3.63, 3.8) is 0 Å². The number of para-hydroxylation sites is 1. The van der Waals surface area contributed by atoms with E-state index < -0.39 is 12.0 Å². The third-order valence-corrected chi connectivity index (χ3v) is 6.90. The molecule has 2 atom stereocenters. The minimum Gasteiger partial charge on any atom is -0.465 e. The van der Waals surface area contributed by atoms with Crippen LogP contribution in [0.4, 0.5) is 10.5 Å². The van der Waals surface area contributed by atoms with Crippen molar-refractivity contribution in [2.45, 2.75) is 45.6 Å². The molecule has 0 aliphatic carbocycles. The molecule has 0 bridgehead atoms. The molecule has 2 unspecified atom stereocenters. The summed E-state index contributed by atoms with van der Waals surface area (Å²) in [7, 11) is 0. The number of aromatic nitrogens is 1. The summed E-state index contributed by atoms with van der Waals surface area (Å²) in [5.74, 6) is -0.794. The molecule has 2 heterocycles. The van der Waals surface area contributed by atoms with Gasteiger partial charge in [0.05, 0.1) is 11.3 Å². The summed E-state index contributed by atoms with van der Waals surface area (Å²) in [5.41, 5.74) is 8.81. The molecule has 1 saturated heterocycles. The van der Waals surface area contributed by atoms with Gasteiger partial charge in [0.1, 0.15) is 0 Å². The van der Waals surface area contributed by atoms with Gasteiger partial charge in [-0.1, -0.05) is 51.1 Å². The number of nitrogens with two attached hydrogens (primary N) is 1. The molecule has 1 fully saturated rings. The molecule has 0 spiro atoms. The van der Waals surface area contributed by atoms with Crippen LogP contribution in [-0.2, 0) is 0 Å². The molecule has 1 aliphatic heterocycles. The standard InChI is InChI=1S/C29H32N4O4/c1-29(2,3)24-17-20(15-16-33(24)28(36)37)23-14-13-22(26(30)34)25(32-23)18-9-11-19(12-10-18)27(35)31-21-7-5-4-6-8-21/h4-14,20,24H,15-17H2,1-3H3,(H2,30,34)(H,31,35)(H,36,37). The van der Waals surface area contributed by atoms with Crippen LogP contribution in [0, 0.1) is 5.41 Å². The van der Waals surface area contributed by atoms with Gasteiger partial charge in [-0.25, -0.2) is 4.79 Å². The van der Waals surface area contributed by atoms with E-state index in [1.807, 2.05) is 57.2 Å². The van der Waals surface area contributed by atoms with E-state index in [4.69, 9.17) is 10.7 Å². The van der Waals surface area contributed by atoms with Crippen LogP contribution in [0.1, 0.15) is 65.9 Å². The molecule has 0 saturated carbocycles. The second-order valence-corrected chi connectivity index (χ2v) is 10.5. The second-order valence-electron chi connectivity index (χ2n) is 10.5. The lowest BCUT2D eigenvalue weighted by Crippen LogP contribution is -2.51. The number of pyridine rings is 1. The summed E-state index contributed by atoms with van der Waals surface area (Å²) in [5, 5.41) is 12.5. The van der Waals surface area contributed by atoms with Crippen molar-refractivity contribution in [3.8, 4) is 11.3 Å². The highest BCUT2D eigenvalue weighted by Crippen LogP contribution is 2.39. The van der Waals surface area contributed by atoms with Gasteiger partial charge in [-0.3, -0.25) is 14.6 Å². The largest absolute Gasteiger partial charge is 0.465 e. The molecular formula is C29H32N4O4. The minimum absolute atomic E-state index is 0.0384.